The van der Waals surface area contributed by atoms with E-state index in [0.717, 1.165) is 13.1 Å². The summed E-state index contributed by atoms with van der Waals surface area (Å²) in [6.45, 7) is 1.47. The standard InChI is InChI=1S/C10H11Cl2N3O.ClH/c11-7-3-6(5-16)4-8(12)9(7)15-10-13-1-2-14-10;/h3-4,16H,1-2,5H2,(H2,13,14,15);1H. The summed E-state index contributed by atoms with van der Waals surface area (Å²) in [6.07, 6.45) is 0. The third-order valence-electron chi connectivity index (χ3n) is 2.20. The predicted octanol–water partition coefficient (Wildman–Crippen LogP) is 2.28. The normalized spacial score (nSPS) is 13.7. The van der Waals surface area contributed by atoms with Crippen LogP contribution in [0.2, 0.25) is 10.0 Å². The number of aliphatic hydroxyl groups excluding tert-OH is 1. The van der Waals surface area contributed by atoms with Crippen LogP contribution in [0.3, 0.4) is 0 Å². The molecule has 0 saturated heterocycles. The molecule has 0 spiro atoms. The van der Waals surface area contributed by atoms with Gasteiger partial charge in [-0.3, -0.25) is 4.99 Å². The Balaban J connectivity index is 0.00000144. The Bertz CT molecular complexity index is 414. The number of anilines is 1. The first-order valence-corrected chi connectivity index (χ1v) is 5.60. The summed E-state index contributed by atoms with van der Waals surface area (Å²) in [4.78, 5) is 4.18. The van der Waals surface area contributed by atoms with E-state index in [1.165, 1.54) is 0 Å². The highest BCUT2D eigenvalue weighted by molar-refractivity contribution is 6.39. The monoisotopic (exact) mass is 295 g/mol. The maximum atomic E-state index is 8.99. The molecule has 3 N–H and O–H groups in total. The van der Waals surface area contributed by atoms with E-state index in [9.17, 15) is 0 Å². The number of nitrogens with one attached hydrogen (secondary N) is 2. The fourth-order valence-corrected chi connectivity index (χ4v) is 2.06. The second-order valence-corrected chi connectivity index (χ2v) is 4.19. The lowest BCUT2D eigenvalue weighted by Crippen LogP contribution is -2.26. The smallest absolute Gasteiger partial charge is 0.196 e. The average molecular weight is 297 g/mol. The topological polar surface area (TPSA) is 56.6 Å². The number of hydrogen-bond acceptors (Lipinski definition) is 4. The van der Waals surface area contributed by atoms with E-state index in [0.29, 0.717) is 27.3 Å². The highest BCUT2D eigenvalue weighted by atomic mass is 35.5. The van der Waals surface area contributed by atoms with E-state index in [1.807, 2.05) is 0 Å². The van der Waals surface area contributed by atoms with Crippen molar-refractivity contribution in [2.45, 2.75) is 6.61 Å². The van der Waals surface area contributed by atoms with E-state index in [-0.39, 0.29) is 19.0 Å². The number of guanidine groups is 1. The molecule has 0 bridgehead atoms. The highest BCUT2D eigenvalue weighted by Gasteiger charge is 2.12. The Morgan fingerprint density at radius 1 is 1.35 bits per heavy atom. The lowest BCUT2D eigenvalue weighted by atomic mass is 10.2. The van der Waals surface area contributed by atoms with Gasteiger partial charge in [-0.25, -0.2) is 0 Å². The van der Waals surface area contributed by atoms with Gasteiger partial charge in [0.05, 0.1) is 28.9 Å². The van der Waals surface area contributed by atoms with Gasteiger partial charge in [0.1, 0.15) is 0 Å². The Labute approximate surface area is 115 Å². The van der Waals surface area contributed by atoms with Gasteiger partial charge in [0.15, 0.2) is 5.96 Å². The zero-order valence-electron chi connectivity index (χ0n) is 8.83. The zero-order chi connectivity index (χ0) is 11.5. The summed E-state index contributed by atoms with van der Waals surface area (Å²) in [5.41, 5.74) is 1.29. The summed E-state index contributed by atoms with van der Waals surface area (Å²) in [6, 6.07) is 3.34. The summed E-state index contributed by atoms with van der Waals surface area (Å²) in [7, 11) is 0. The van der Waals surface area contributed by atoms with Gasteiger partial charge in [0, 0.05) is 6.54 Å². The lowest BCUT2D eigenvalue weighted by molar-refractivity contribution is 0.282. The van der Waals surface area contributed by atoms with Crippen LogP contribution in [-0.2, 0) is 6.61 Å². The number of aliphatic hydroxyl groups is 1. The molecule has 4 nitrogen and oxygen atoms in total. The number of halogens is 3. The molecule has 0 aromatic heterocycles. The fraction of sp³-hybridized carbons (Fsp3) is 0.300. The predicted molar refractivity (Wildman–Crippen MR) is 73.6 cm³/mol. The lowest BCUT2D eigenvalue weighted by Gasteiger charge is -2.11. The van der Waals surface area contributed by atoms with Crippen LogP contribution in [0.15, 0.2) is 17.1 Å². The van der Waals surface area contributed by atoms with Gasteiger partial charge in [-0.1, -0.05) is 23.2 Å². The molecule has 2 rings (SSSR count). The fourth-order valence-electron chi connectivity index (χ4n) is 1.44. The molecule has 1 aliphatic heterocycles. The molecule has 0 radical (unpaired) electrons. The summed E-state index contributed by atoms with van der Waals surface area (Å²) < 4.78 is 0. The van der Waals surface area contributed by atoms with Crippen LogP contribution < -0.4 is 10.6 Å². The van der Waals surface area contributed by atoms with Crippen LogP contribution >= 0.6 is 35.6 Å². The van der Waals surface area contributed by atoms with Crippen LogP contribution in [-0.4, -0.2) is 24.2 Å². The van der Waals surface area contributed by atoms with Gasteiger partial charge in [-0.05, 0) is 17.7 Å². The third kappa shape index (κ3) is 3.39. The molecule has 0 atom stereocenters. The van der Waals surface area contributed by atoms with Crippen molar-refractivity contribution >= 4 is 47.3 Å². The molecule has 0 amide bonds. The van der Waals surface area contributed by atoms with Crippen molar-refractivity contribution < 1.29 is 5.11 Å². The molecule has 0 saturated carbocycles. The average Bonchev–Trinajstić information content (AvgIpc) is 2.75. The van der Waals surface area contributed by atoms with E-state index in [4.69, 9.17) is 28.3 Å². The first kappa shape index (κ1) is 14.4. The molecule has 17 heavy (non-hydrogen) atoms. The highest BCUT2D eigenvalue weighted by Crippen LogP contribution is 2.31. The second kappa shape index (κ2) is 6.31. The molecule has 1 aromatic rings. The van der Waals surface area contributed by atoms with Gasteiger partial charge < -0.3 is 15.7 Å². The van der Waals surface area contributed by atoms with Crippen LogP contribution in [0.1, 0.15) is 5.56 Å². The van der Waals surface area contributed by atoms with Crippen molar-refractivity contribution in [3.63, 3.8) is 0 Å². The zero-order valence-corrected chi connectivity index (χ0v) is 11.2. The number of benzene rings is 1. The molecule has 1 aliphatic rings. The van der Waals surface area contributed by atoms with Crippen LogP contribution in [0.25, 0.3) is 0 Å². The van der Waals surface area contributed by atoms with Crippen molar-refractivity contribution in [1.29, 1.82) is 0 Å². The molecule has 0 aliphatic carbocycles. The third-order valence-corrected chi connectivity index (χ3v) is 2.80. The van der Waals surface area contributed by atoms with E-state index >= 15 is 0 Å². The molecule has 94 valence electrons. The Morgan fingerprint density at radius 3 is 2.47 bits per heavy atom. The number of rotatable bonds is 2. The van der Waals surface area contributed by atoms with E-state index in [2.05, 4.69) is 15.6 Å². The van der Waals surface area contributed by atoms with Gasteiger partial charge in [-0.15, -0.1) is 12.4 Å². The molecule has 0 unspecified atom stereocenters. The molecular formula is C10H12Cl3N3O. The first-order chi connectivity index (χ1) is 7.70. The van der Waals surface area contributed by atoms with Crippen molar-refractivity contribution in [2.75, 3.05) is 18.4 Å². The van der Waals surface area contributed by atoms with Crippen molar-refractivity contribution in [3.8, 4) is 0 Å². The van der Waals surface area contributed by atoms with E-state index < -0.39 is 0 Å². The Kier molecular flexibility index (Phi) is 5.33. The summed E-state index contributed by atoms with van der Waals surface area (Å²) in [5, 5.41) is 16.0. The maximum absolute atomic E-state index is 8.99. The molecule has 7 heteroatoms. The van der Waals surface area contributed by atoms with Crippen molar-refractivity contribution in [3.05, 3.63) is 27.7 Å². The van der Waals surface area contributed by atoms with Gasteiger partial charge in [0.2, 0.25) is 0 Å². The number of hydrogen-bond donors (Lipinski definition) is 3. The summed E-state index contributed by atoms with van der Waals surface area (Å²) >= 11 is 12.1. The Hall–Kier alpha value is -0.680. The maximum Gasteiger partial charge on any atom is 0.196 e. The largest absolute Gasteiger partial charge is 0.392 e. The molecule has 0 fully saturated rings. The van der Waals surface area contributed by atoms with E-state index in [1.54, 1.807) is 12.1 Å². The first-order valence-electron chi connectivity index (χ1n) is 4.85. The molecular weight excluding hydrogens is 284 g/mol. The Morgan fingerprint density at radius 2 is 2.00 bits per heavy atom. The quantitative estimate of drug-likeness (QED) is 0.785. The van der Waals surface area contributed by atoms with Gasteiger partial charge in [-0.2, -0.15) is 0 Å². The minimum absolute atomic E-state index is 0. The molecule has 1 heterocycles. The number of nitrogens with zero attached hydrogens (tertiary/aromatic N) is 1. The minimum atomic E-state index is -0.0844. The van der Waals surface area contributed by atoms with Crippen LogP contribution in [0, 0.1) is 0 Å². The van der Waals surface area contributed by atoms with Crippen molar-refractivity contribution in [1.82, 2.24) is 5.32 Å². The minimum Gasteiger partial charge on any atom is -0.392 e. The van der Waals surface area contributed by atoms with Gasteiger partial charge in [0.25, 0.3) is 0 Å². The van der Waals surface area contributed by atoms with Gasteiger partial charge >= 0.3 is 0 Å². The number of aliphatic imine (C=N–C) groups is 1. The summed E-state index contributed by atoms with van der Waals surface area (Å²) in [5.74, 6) is 0.667. The van der Waals surface area contributed by atoms with Crippen molar-refractivity contribution in [2.24, 2.45) is 4.99 Å². The SMILES string of the molecule is Cl.OCc1cc(Cl)c(NC2=NCCN2)c(Cl)c1. The van der Waals surface area contributed by atoms with Crippen LogP contribution in [0.5, 0.6) is 0 Å². The molecule has 1 aromatic carbocycles. The second-order valence-electron chi connectivity index (χ2n) is 3.37. The van der Waals surface area contributed by atoms with Crippen LogP contribution in [0.4, 0.5) is 5.69 Å².